The first-order valence-corrected chi connectivity index (χ1v) is 9.31. The largest absolute Gasteiger partial charge is 0.454 e. The van der Waals surface area contributed by atoms with E-state index in [9.17, 15) is 24.5 Å². The molecule has 0 aromatic heterocycles. The molecule has 0 radical (unpaired) electrons. The number of nitrogens with one attached hydrogen (secondary N) is 1. The van der Waals surface area contributed by atoms with Crippen LogP contribution in [0.4, 0.5) is 16.2 Å². The first-order chi connectivity index (χ1) is 14.3. The van der Waals surface area contributed by atoms with Crippen LogP contribution in [0.15, 0.2) is 40.4 Å². The number of benzene rings is 2. The van der Waals surface area contributed by atoms with Crippen molar-refractivity contribution in [1.82, 2.24) is 5.32 Å². The molecule has 2 aliphatic heterocycles. The van der Waals surface area contributed by atoms with E-state index in [4.69, 9.17) is 9.47 Å². The quantitative estimate of drug-likeness (QED) is 0.313. The standard InChI is InChI=1S/C19H12BrN3O7/c1-9-4-11(2-3-13(9)20)22-18(25)12(17(24)21-19(22)26)5-10-6-15-16(30-8-29-15)7-14(10)23(27)28/h2-7H,8H2,1H3,(H,21,24,26). The number of carbonyl (C=O) groups is 3. The van der Waals surface area contributed by atoms with Gasteiger partial charge in [-0.25, -0.2) is 9.69 Å². The monoisotopic (exact) mass is 473 g/mol. The van der Waals surface area contributed by atoms with E-state index in [2.05, 4.69) is 21.2 Å². The van der Waals surface area contributed by atoms with Gasteiger partial charge in [0.2, 0.25) is 6.79 Å². The number of fused-ring (bicyclic) bond motifs is 1. The van der Waals surface area contributed by atoms with Crippen LogP contribution in [0.5, 0.6) is 11.5 Å². The summed E-state index contributed by atoms with van der Waals surface area (Å²) in [7, 11) is 0. The van der Waals surface area contributed by atoms with Crippen molar-refractivity contribution in [1.29, 1.82) is 0 Å². The van der Waals surface area contributed by atoms with E-state index in [1.54, 1.807) is 19.1 Å². The summed E-state index contributed by atoms with van der Waals surface area (Å²) in [6.07, 6.45) is 1.06. The molecular formula is C19H12BrN3O7. The Morgan fingerprint density at radius 1 is 1.17 bits per heavy atom. The molecule has 0 spiro atoms. The Labute approximate surface area is 177 Å². The molecule has 152 valence electrons. The topological polar surface area (TPSA) is 128 Å². The molecule has 2 aromatic rings. The molecule has 10 nitrogen and oxygen atoms in total. The molecule has 0 unspecified atom stereocenters. The van der Waals surface area contributed by atoms with Crippen LogP contribution in [-0.2, 0) is 9.59 Å². The average Bonchev–Trinajstić information content (AvgIpc) is 3.14. The molecule has 1 N–H and O–H groups in total. The van der Waals surface area contributed by atoms with Crippen molar-refractivity contribution in [3.8, 4) is 11.5 Å². The third kappa shape index (κ3) is 3.28. The summed E-state index contributed by atoms with van der Waals surface area (Å²) in [5.74, 6) is -1.43. The Balaban J connectivity index is 1.80. The van der Waals surface area contributed by atoms with Crippen molar-refractivity contribution in [3.05, 3.63) is 61.6 Å². The number of imide groups is 2. The summed E-state index contributed by atoms with van der Waals surface area (Å²) >= 11 is 3.34. The maximum Gasteiger partial charge on any atom is 0.335 e. The maximum atomic E-state index is 13.0. The number of ether oxygens (including phenoxy) is 2. The van der Waals surface area contributed by atoms with Crippen LogP contribution in [0, 0.1) is 17.0 Å². The number of hydrogen-bond acceptors (Lipinski definition) is 7. The lowest BCUT2D eigenvalue weighted by atomic mass is 10.0. The zero-order chi connectivity index (χ0) is 21.6. The van der Waals surface area contributed by atoms with Crippen LogP contribution in [0.3, 0.4) is 0 Å². The second-order valence-electron chi connectivity index (χ2n) is 6.41. The number of urea groups is 1. The van der Waals surface area contributed by atoms with Gasteiger partial charge in [0.25, 0.3) is 17.5 Å². The Morgan fingerprint density at radius 3 is 2.53 bits per heavy atom. The van der Waals surface area contributed by atoms with Gasteiger partial charge in [0.15, 0.2) is 11.5 Å². The Morgan fingerprint density at radius 2 is 1.87 bits per heavy atom. The van der Waals surface area contributed by atoms with Gasteiger partial charge in [0, 0.05) is 4.47 Å². The average molecular weight is 474 g/mol. The number of rotatable bonds is 3. The molecule has 2 aromatic carbocycles. The number of halogens is 1. The van der Waals surface area contributed by atoms with Gasteiger partial charge < -0.3 is 9.47 Å². The van der Waals surface area contributed by atoms with E-state index in [1.165, 1.54) is 12.1 Å². The van der Waals surface area contributed by atoms with E-state index >= 15 is 0 Å². The molecular weight excluding hydrogens is 462 g/mol. The van der Waals surface area contributed by atoms with Gasteiger partial charge in [-0.05, 0) is 42.8 Å². The van der Waals surface area contributed by atoms with Crippen molar-refractivity contribution in [2.75, 3.05) is 11.7 Å². The summed E-state index contributed by atoms with van der Waals surface area (Å²) in [5.41, 5.74) is 0.162. The summed E-state index contributed by atoms with van der Waals surface area (Å²) in [4.78, 5) is 49.3. The molecule has 30 heavy (non-hydrogen) atoms. The number of nitrogens with zero attached hydrogens (tertiary/aromatic N) is 2. The maximum absolute atomic E-state index is 13.0. The molecule has 4 rings (SSSR count). The van der Waals surface area contributed by atoms with Crippen molar-refractivity contribution in [2.45, 2.75) is 6.92 Å². The fourth-order valence-electron chi connectivity index (χ4n) is 3.04. The summed E-state index contributed by atoms with van der Waals surface area (Å²) in [6.45, 7) is 1.68. The molecule has 1 fully saturated rings. The van der Waals surface area contributed by atoms with E-state index in [-0.39, 0.29) is 35.2 Å². The van der Waals surface area contributed by atoms with Crippen LogP contribution in [-0.4, -0.2) is 29.6 Å². The van der Waals surface area contributed by atoms with Gasteiger partial charge in [-0.1, -0.05) is 15.9 Å². The minimum absolute atomic E-state index is 0.0379. The highest BCUT2D eigenvalue weighted by atomic mass is 79.9. The highest BCUT2D eigenvalue weighted by molar-refractivity contribution is 9.10. The molecule has 4 amide bonds. The second-order valence-corrected chi connectivity index (χ2v) is 7.27. The Bertz CT molecular complexity index is 1170. The van der Waals surface area contributed by atoms with E-state index < -0.39 is 28.3 Å². The molecule has 2 heterocycles. The van der Waals surface area contributed by atoms with E-state index in [1.807, 2.05) is 0 Å². The minimum Gasteiger partial charge on any atom is -0.454 e. The molecule has 0 atom stereocenters. The molecule has 11 heteroatoms. The normalized spacial score (nSPS) is 16.8. The van der Waals surface area contributed by atoms with Crippen LogP contribution in [0.1, 0.15) is 11.1 Å². The number of nitro groups is 1. The van der Waals surface area contributed by atoms with Crippen LogP contribution in [0.2, 0.25) is 0 Å². The number of anilines is 1. The molecule has 0 aliphatic carbocycles. The van der Waals surface area contributed by atoms with Crippen molar-refractivity contribution < 1.29 is 28.8 Å². The van der Waals surface area contributed by atoms with Gasteiger partial charge in [-0.2, -0.15) is 0 Å². The lowest BCUT2D eigenvalue weighted by molar-refractivity contribution is -0.385. The van der Waals surface area contributed by atoms with Gasteiger partial charge in [-0.15, -0.1) is 0 Å². The molecule has 1 saturated heterocycles. The van der Waals surface area contributed by atoms with Crippen molar-refractivity contribution >= 4 is 51.2 Å². The molecule has 0 bridgehead atoms. The van der Waals surface area contributed by atoms with Gasteiger partial charge in [0.05, 0.1) is 22.2 Å². The first kappa shape index (κ1) is 19.6. The lowest BCUT2D eigenvalue weighted by Crippen LogP contribution is -2.54. The predicted molar refractivity (Wildman–Crippen MR) is 107 cm³/mol. The van der Waals surface area contributed by atoms with Crippen molar-refractivity contribution in [3.63, 3.8) is 0 Å². The highest BCUT2D eigenvalue weighted by Crippen LogP contribution is 2.39. The Hall–Kier alpha value is -3.73. The van der Waals surface area contributed by atoms with Gasteiger partial charge >= 0.3 is 6.03 Å². The number of hydrogen-bond donors (Lipinski definition) is 1. The minimum atomic E-state index is -0.956. The third-order valence-electron chi connectivity index (χ3n) is 4.52. The highest BCUT2D eigenvalue weighted by Gasteiger charge is 2.37. The first-order valence-electron chi connectivity index (χ1n) is 8.52. The van der Waals surface area contributed by atoms with Crippen LogP contribution in [0.25, 0.3) is 6.08 Å². The molecule has 2 aliphatic rings. The van der Waals surface area contributed by atoms with Crippen LogP contribution >= 0.6 is 15.9 Å². The van der Waals surface area contributed by atoms with Crippen molar-refractivity contribution in [2.24, 2.45) is 0 Å². The number of nitro benzene ring substituents is 1. The Kier molecular flexibility index (Phi) is 4.74. The number of carbonyl (C=O) groups excluding carboxylic acids is 3. The smallest absolute Gasteiger partial charge is 0.335 e. The third-order valence-corrected chi connectivity index (χ3v) is 5.41. The number of amides is 4. The van der Waals surface area contributed by atoms with Gasteiger partial charge in [-0.3, -0.25) is 25.0 Å². The number of aryl methyl sites for hydroxylation is 1. The van der Waals surface area contributed by atoms with E-state index in [0.29, 0.717) is 0 Å². The fraction of sp³-hybridized carbons (Fsp3) is 0.105. The number of barbiturate groups is 1. The van der Waals surface area contributed by atoms with Gasteiger partial charge in [0.1, 0.15) is 5.57 Å². The SMILES string of the molecule is Cc1cc(N2C(=O)NC(=O)C(=Cc3cc4c(cc3[N+](=O)[O-])OCO4)C2=O)ccc1Br. The fourth-order valence-corrected chi connectivity index (χ4v) is 3.28. The summed E-state index contributed by atoms with van der Waals surface area (Å²) in [6, 6.07) is 6.33. The van der Waals surface area contributed by atoms with Crippen LogP contribution < -0.4 is 19.7 Å². The summed E-state index contributed by atoms with van der Waals surface area (Å²) in [5, 5.41) is 13.5. The van der Waals surface area contributed by atoms with E-state index in [0.717, 1.165) is 27.1 Å². The zero-order valence-electron chi connectivity index (χ0n) is 15.3. The molecule has 0 saturated carbocycles. The summed E-state index contributed by atoms with van der Waals surface area (Å²) < 4.78 is 11.1. The predicted octanol–water partition coefficient (Wildman–Crippen LogP) is 3.06. The lowest BCUT2D eigenvalue weighted by Gasteiger charge is -2.26. The zero-order valence-corrected chi connectivity index (χ0v) is 16.9. The second kappa shape index (κ2) is 7.26.